The van der Waals surface area contributed by atoms with Gasteiger partial charge >= 0.3 is 28.0 Å². The highest BCUT2D eigenvalue weighted by Gasteiger charge is 2.62. The molecule has 130 heavy (non-hydrogen) atoms. The van der Waals surface area contributed by atoms with Crippen molar-refractivity contribution in [2.45, 2.75) is 176 Å². The third kappa shape index (κ3) is 37.1. The van der Waals surface area contributed by atoms with E-state index in [1.807, 2.05) is 64.2 Å². The summed E-state index contributed by atoms with van der Waals surface area (Å²) in [7, 11) is -20.5. The van der Waals surface area contributed by atoms with Crippen LogP contribution in [0.4, 0.5) is 98.2 Å². The number of sulfone groups is 4. The van der Waals surface area contributed by atoms with Gasteiger partial charge in [0.05, 0.1) is 20.8 Å². The van der Waals surface area contributed by atoms with Crippen LogP contribution in [0.2, 0.25) is 5.02 Å². The first-order chi connectivity index (χ1) is 60.0. The zero-order valence-electron chi connectivity index (χ0n) is 78.3. The minimum absolute atomic E-state index is 0.189. The normalized spacial score (nSPS) is 12.7. The molecule has 6 aromatic rings. The SMILES string of the molecule is C=CC(=O)OCCCN(CC(C)C)c1ccc([N+](=C2C=CC(=[N+](CC(C)C)CC(C)C)C=C2)c2ccc(N(c3ccc(N(CC(C)C)CC(C)C)cc3)c3ccc(N(CC(C)C)CC(C)C)cc3)cc2)cc1.CC(S(=O)(=O)C(F)(F)F)S(=O)(=O)C(F)(F)F.CC(S(=O)(=O)C(F)(F)F)S(=O)(=O)C(F)(F)F.CNCCCO.COc1c(C)cccc1C.COc1ccc(Cl)cc1C. The average Bonchev–Trinajstić information content (AvgIpc) is 0.739. The second-order valence-corrected chi connectivity index (χ2v) is 43.8. The summed E-state index contributed by atoms with van der Waals surface area (Å²) in [6.07, 6.45) is 12.0. The van der Waals surface area contributed by atoms with Gasteiger partial charge in [0.25, 0.3) is 39.3 Å². The fourth-order valence-corrected chi connectivity index (χ4v) is 18.7. The van der Waals surface area contributed by atoms with E-state index in [0.29, 0.717) is 54.6 Å². The summed E-state index contributed by atoms with van der Waals surface area (Å²) in [6, 6.07) is 48.1. The average molecular weight is 1950 g/mol. The summed E-state index contributed by atoms with van der Waals surface area (Å²) >= 11 is 5.72. The largest absolute Gasteiger partial charge is 0.498 e. The van der Waals surface area contributed by atoms with Crippen molar-refractivity contribution < 1.29 is 115 Å². The standard InChI is InChI=1S/C64H92N6O2.C9H12O.C8H9ClO.2C4H4F6O4S2.C4H11NO/c1-16-64(71)72-39-17-38-65(40-47(2)3)54-18-26-58(27-19-54)69(59-28-20-55(21-29-59)66(41-48(4)5)42-49(6)7)62-34-36-63(37-35-62)70(60-30-22-56(23-31-60)67(43-50(8)9)44-51(10)11)61-32-24-57(25-33-61)68(45-52(12)13)46-53(14)15;1-7-5-4-6-8(2)9(7)10-3;1-6-5-7(9)3-4-8(6)10-2;2*1-2(15(11,12)3(5,6)7)16(13,14)4(8,9)10;1-5-3-2-4-6/h16,18-37,47-53H,1,17,38-46H2,2-15H3;4-6H,1-3H3;3-5H,1-2H3;2*2H,1H3;5-6H,2-4H2,1H3/q+2;;;;;. The Kier molecular flexibility index (Phi) is 48.1. The molecule has 0 fully saturated rings. The van der Waals surface area contributed by atoms with Crippen molar-refractivity contribution in [1.29, 1.82) is 0 Å². The van der Waals surface area contributed by atoms with Crippen molar-refractivity contribution >= 4 is 114 Å². The van der Waals surface area contributed by atoms with E-state index in [1.54, 1.807) is 14.2 Å². The molecular weight excluding hydrogens is 1810 g/mol. The number of carbonyl (C=O) groups excluding carboxylic acids is 1. The molecule has 1 aliphatic carbocycles. The molecule has 0 aromatic heterocycles. The number of nitrogens with zero attached hydrogens (tertiary/aromatic N) is 6. The number of hydrogen-bond acceptors (Lipinski definition) is 18. The highest BCUT2D eigenvalue weighted by atomic mass is 35.5. The van der Waals surface area contributed by atoms with Crippen LogP contribution < -0.4 is 39.0 Å². The number of aliphatic hydroxyl groups is 1. The van der Waals surface area contributed by atoms with Crippen LogP contribution in [-0.4, -0.2) is 185 Å². The van der Waals surface area contributed by atoms with Crippen LogP contribution in [0.5, 0.6) is 11.5 Å². The van der Waals surface area contributed by atoms with Crippen molar-refractivity contribution in [3.63, 3.8) is 0 Å². The van der Waals surface area contributed by atoms with Crippen LogP contribution >= 0.6 is 11.6 Å². The number of benzene rings is 6. The second kappa shape index (κ2) is 53.3. The van der Waals surface area contributed by atoms with Gasteiger partial charge in [0, 0.05) is 152 Å². The molecule has 7 rings (SSSR count). The maximum Gasteiger partial charge on any atom is 0.498 e. The van der Waals surface area contributed by atoms with Crippen LogP contribution in [0.1, 0.15) is 140 Å². The van der Waals surface area contributed by atoms with Gasteiger partial charge in [-0.15, -0.1) is 0 Å². The van der Waals surface area contributed by atoms with Gasteiger partial charge in [-0.2, -0.15) is 57.3 Å². The maximum atomic E-state index is 11.8. The molecule has 6 aromatic carbocycles. The van der Waals surface area contributed by atoms with Crippen LogP contribution in [0.25, 0.3) is 0 Å². The number of anilines is 6. The van der Waals surface area contributed by atoms with E-state index in [9.17, 15) is 91.2 Å². The topological polar surface area (TPSA) is 233 Å². The smallest absolute Gasteiger partial charge is 0.496 e. The monoisotopic (exact) mass is 1950 g/mol. The number of aliphatic hydroxyl groups excluding tert-OH is 1. The molecule has 0 spiro atoms. The van der Waals surface area contributed by atoms with Gasteiger partial charge in [0.2, 0.25) is 17.1 Å². The predicted octanol–water partition coefficient (Wildman–Crippen LogP) is 22.1. The fraction of sp³-hybridized carbons (Fsp3) is 0.516. The summed E-state index contributed by atoms with van der Waals surface area (Å²) in [5.74, 6) is 5.33. The Morgan fingerprint density at radius 2 is 0.777 bits per heavy atom. The Hall–Kier alpha value is -8.68. The maximum absolute atomic E-state index is 11.8. The molecule has 37 heteroatoms. The molecule has 0 saturated carbocycles. The number of para-hydroxylation sites is 1. The van der Waals surface area contributed by atoms with Crippen molar-refractivity contribution in [2.24, 2.45) is 41.4 Å². The highest BCUT2D eigenvalue weighted by Crippen LogP contribution is 2.41. The summed E-state index contributed by atoms with van der Waals surface area (Å²) in [5.41, 5.74) is -9.31. The number of aryl methyl sites for hydroxylation is 3. The number of nitrogens with one attached hydrogen (secondary N) is 1. The van der Waals surface area contributed by atoms with Crippen LogP contribution in [0.3, 0.4) is 0 Å². The third-order valence-corrected chi connectivity index (χ3v) is 28.3. The summed E-state index contributed by atoms with van der Waals surface area (Å²) in [5, 5.41) is 11.8. The predicted molar refractivity (Wildman–Crippen MR) is 503 cm³/mol. The number of allylic oxidation sites excluding steroid dienone is 4. The quantitative estimate of drug-likeness (QED) is 0.00929. The molecule has 0 radical (unpaired) electrons. The highest BCUT2D eigenvalue weighted by molar-refractivity contribution is 8.10. The Balaban J connectivity index is 0.000000777. The van der Waals surface area contributed by atoms with Gasteiger partial charge in [-0.25, -0.2) is 43.0 Å². The van der Waals surface area contributed by atoms with Gasteiger partial charge < -0.3 is 44.2 Å². The van der Waals surface area contributed by atoms with Gasteiger partial charge in [-0.1, -0.05) is 133 Å². The minimum atomic E-state index is -6.43. The summed E-state index contributed by atoms with van der Waals surface area (Å²) in [4.78, 5) is 21.6. The van der Waals surface area contributed by atoms with E-state index in [-0.39, 0.29) is 19.8 Å². The first-order valence-corrected chi connectivity index (χ1v) is 48.9. The van der Waals surface area contributed by atoms with E-state index < -0.39 is 70.5 Å². The Morgan fingerprint density at radius 1 is 0.454 bits per heavy atom. The lowest BCUT2D eigenvalue weighted by Crippen LogP contribution is -2.43. The third-order valence-electron chi connectivity index (χ3n) is 18.9. The minimum Gasteiger partial charge on any atom is -0.496 e. The molecule has 0 unspecified atom stereocenters. The lowest BCUT2D eigenvalue weighted by molar-refractivity contribution is -0.538. The molecule has 0 saturated heterocycles. The van der Waals surface area contributed by atoms with Crippen molar-refractivity contribution in [3.8, 4) is 11.5 Å². The Morgan fingerprint density at radius 3 is 1.06 bits per heavy atom. The van der Waals surface area contributed by atoms with Gasteiger partial charge in [-0.3, -0.25) is 0 Å². The molecule has 2 N–H and O–H groups in total. The van der Waals surface area contributed by atoms with Crippen molar-refractivity contribution in [2.75, 3.05) is 113 Å². The van der Waals surface area contributed by atoms with E-state index in [4.69, 9.17) is 30.9 Å². The first kappa shape index (κ1) is 117. The molecule has 0 atom stereocenters. The number of hydrogen-bond donors (Lipinski definition) is 2. The Labute approximate surface area is 767 Å². The second-order valence-electron chi connectivity index (χ2n) is 33.7. The number of esters is 1. The molecule has 20 nitrogen and oxygen atoms in total. The lowest BCUT2D eigenvalue weighted by atomic mass is 10.1. The zero-order chi connectivity index (χ0) is 99.6. The van der Waals surface area contributed by atoms with Crippen LogP contribution in [-0.2, 0) is 48.9 Å². The summed E-state index contributed by atoms with van der Waals surface area (Å²) in [6.45, 7) is 50.7. The summed E-state index contributed by atoms with van der Waals surface area (Å²) < 4.78 is 238. The number of ether oxygens (including phenoxy) is 3. The molecule has 1 aliphatic rings. The number of rotatable bonds is 36. The van der Waals surface area contributed by atoms with Gasteiger partial charge in [0.1, 0.15) is 24.6 Å². The van der Waals surface area contributed by atoms with E-state index in [1.165, 1.54) is 34.3 Å². The number of methoxy groups -OCH3 is 2. The molecule has 0 heterocycles. The molecule has 0 bridgehead atoms. The van der Waals surface area contributed by atoms with E-state index in [2.05, 4.69) is 259 Å². The molecule has 730 valence electrons. The molecular formula is C93H132ClF12N7O13S4+2. The van der Waals surface area contributed by atoms with Crippen molar-refractivity contribution in [3.05, 3.63) is 192 Å². The van der Waals surface area contributed by atoms with E-state index in [0.717, 1.165) is 134 Å². The number of carbonyl (C=O) groups is 1. The van der Waals surface area contributed by atoms with Gasteiger partial charge in [0.15, 0.2) is 14.9 Å². The number of alkyl halides is 12. The molecule has 0 aliphatic heterocycles. The fourth-order valence-electron chi connectivity index (χ4n) is 13.0. The van der Waals surface area contributed by atoms with Gasteiger partial charge in [-0.05, 0) is 198 Å². The zero-order valence-corrected chi connectivity index (χ0v) is 82.3. The van der Waals surface area contributed by atoms with E-state index >= 15 is 0 Å². The number of halogens is 13. The van der Waals surface area contributed by atoms with Crippen LogP contribution in [0.15, 0.2) is 170 Å². The van der Waals surface area contributed by atoms with Crippen LogP contribution in [0, 0.1) is 62.2 Å². The Bertz CT molecular complexity index is 4790. The first-order valence-electron chi connectivity index (χ1n) is 42.3. The molecule has 0 amide bonds. The van der Waals surface area contributed by atoms with Crippen molar-refractivity contribution in [1.82, 2.24) is 9.89 Å². The lowest BCUT2D eigenvalue weighted by Gasteiger charge is -2.31.